The van der Waals surface area contributed by atoms with Gasteiger partial charge in [0, 0.05) is 31.8 Å². The minimum Gasteiger partial charge on any atom is -0.465 e. The number of hydrogen-bond donors (Lipinski definition) is 2. The highest BCUT2D eigenvalue weighted by molar-refractivity contribution is 5.98. The van der Waals surface area contributed by atoms with Gasteiger partial charge in [0.1, 0.15) is 0 Å². The molecule has 2 amide bonds. The smallest absolute Gasteiger partial charge is 0.407 e. The van der Waals surface area contributed by atoms with E-state index in [1.807, 2.05) is 65.2 Å². The maximum absolute atomic E-state index is 14.0. The molecule has 9 nitrogen and oxygen atoms in total. The lowest BCUT2D eigenvalue weighted by Crippen LogP contribution is -2.57. The zero-order valence-electron chi connectivity index (χ0n) is 19.9. The van der Waals surface area contributed by atoms with E-state index in [-0.39, 0.29) is 37.6 Å². The Labute approximate surface area is 209 Å². The molecule has 2 aliphatic heterocycles. The van der Waals surface area contributed by atoms with E-state index in [4.69, 9.17) is 4.74 Å². The quantitative estimate of drug-likeness (QED) is 0.569. The summed E-state index contributed by atoms with van der Waals surface area (Å²) in [6.45, 7) is 1.57. The van der Waals surface area contributed by atoms with E-state index in [0.29, 0.717) is 37.4 Å². The summed E-state index contributed by atoms with van der Waals surface area (Å²) in [5.74, 6) is -0.246. The van der Waals surface area contributed by atoms with Crippen LogP contribution in [0.4, 0.5) is 4.79 Å². The number of aliphatic hydroxyl groups excluding tert-OH is 1. The summed E-state index contributed by atoms with van der Waals surface area (Å²) in [7, 11) is 0. The van der Waals surface area contributed by atoms with E-state index >= 15 is 0 Å². The molecule has 1 aromatic heterocycles. The Hall–Kier alpha value is -3.69. The van der Waals surface area contributed by atoms with Crippen molar-refractivity contribution >= 4 is 12.0 Å². The second kappa shape index (κ2) is 10.5. The lowest BCUT2D eigenvalue weighted by atomic mass is 10.0. The van der Waals surface area contributed by atoms with Gasteiger partial charge in [-0.3, -0.25) is 4.79 Å². The van der Waals surface area contributed by atoms with Crippen molar-refractivity contribution < 1.29 is 24.5 Å². The highest BCUT2D eigenvalue weighted by Gasteiger charge is 2.37. The summed E-state index contributed by atoms with van der Waals surface area (Å²) in [5.41, 5.74) is 2.78. The zero-order valence-corrected chi connectivity index (χ0v) is 19.9. The highest BCUT2D eigenvalue weighted by atomic mass is 16.5. The summed E-state index contributed by atoms with van der Waals surface area (Å²) >= 11 is 0. The molecule has 9 heteroatoms. The van der Waals surface area contributed by atoms with Crippen molar-refractivity contribution in [1.82, 2.24) is 19.4 Å². The Kier molecular flexibility index (Phi) is 7.02. The molecule has 3 atom stereocenters. The van der Waals surface area contributed by atoms with Gasteiger partial charge in [-0.15, -0.1) is 0 Å². The molecular weight excluding hydrogens is 460 g/mol. The third kappa shape index (κ3) is 4.84. The zero-order chi connectivity index (χ0) is 25.1. The summed E-state index contributed by atoms with van der Waals surface area (Å²) < 4.78 is 7.49. The Balaban J connectivity index is 1.51. The number of carbonyl (C=O) groups excluding carboxylic acids is 1. The van der Waals surface area contributed by atoms with Gasteiger partial charge < -0.3 is 29.3 Å². The lowest BCUT2D eigenvalue weighted by Gasteiger charge is -2.40. The normalized spacial score (nSPS) is 22.4. The molecule has 0 bridgehead atoms. The second-order valence-corrected chi connectivity index (χ2v) is 9.28. The predicted molar refractivity (Wildman–Crippen MR) is 133 cm³/mol. The Morgan fingerprint density at radius 3 is 2.44 bits per heavy atom. The number of amides is 2. The fourth-order valence-corrected chi connectivity index (χ4v) is 5.12. The third-order valence-electron chi connectivity index (χ3n) is 7.02. The highest BCUT2D eigenvalue weighted by Crippen LogP contribution is 2.32. The van der Waals surface area contributed by atoms with Crippen LogP contribution in [0, 0.1) is 0 Å². The van der Waals surface area contributed by atoms with Crippen molar-refractivity contribution in [2.75, 3.05) is 32.8 Å². The first-order valence-electron chi connectivity index (χ1n) is 12.2. The number of nitrogens with zero attached hydrogens (tertiary/aromatic N) is 4. The van der Waals surface area contributed by atoms with Crippen molar-refractivity contribution in [2.45, 2.75) is 31.0 Å². The number of piperazine rings is 1. The van der Waals surface area contributed by atoms with E-state index in [2.05, 4.69) is 4.98 Å². The molecule has 3 aromatic rings. The number of aromatic nitrogens is 2. The predicted octanol–water partition coefficient (Wildman–Crippen LogP) is 2.92. The monoisotopic (exact) mass is 490 g/mol. The van der Waals surface area contributed by atoms with Crippen LogP contribution >= 0.6 is 0 Å². The van der Waals surface area contributed by atoms with E-state index in [1.165, 1.54) is 4.90 Å². The molecule has 0 spiro atoms. The molecule has 0 aliphatic carbocycles. The average molecular weight is 491 g/mol. The van der Waals surface area contributed by atoms with Crippen LogP contribution in [0.15, 0.2) is 67.0 Å². The van der Waals surface area contributed by atoms with E-state index in [1.54, 1.807) is 11.2 Å². The van der Waals surface area contributed by atoms with Crippen LogP contribution in [0.1, 0.15) is 28.5 Å². The van der Waals surface area contributed by atoms with Gasteiger partial charge >= 0.3 is 6.09 Å². The average Bonchev–Trinajstić information content (AvgIpc) is 3.34. The van der Waals surface area contributed by atoms with E-state index in [0.717, 1.165) is 11.1 Å². The number of aliphatic hydroxyl groups is 1. The maximum Gasteiger partial charge on any atom is 0.407 e. The van der Waals surface area contributed by atoms with Crippen LogP contribution in [-0.2, 0) is 11.2 Å². The number of imidazole rings is 1. The molecule has 2 N–H and O–H groups in total. The topological polar surface area (TPSA) is 108 Å². The van der Waals surface area contributed by atoms with Crippen LogP contribution < -0.4 is 0 Å². The minimum atomic E-state index is -0.985. The number of hydrogen-bond acceptors (Lipinski definition) is 5. The molecular formula is C27H30N4O5. The summed E-state index contributed by atoms with van der Waals surface area (Å²) in [6, 6.07) is 18.6. The van der Waals surface area contributed by atoms with Crippen molar-refractivity contribution in [3.8, 4) is 11.3 Å². The van der Waals surface area contributed by atoms with E-state index < -0.39 is 12.2 Å². The number of rotatable bonds is 5. The fraction of sp³-hybridized carbons (Fsp3) is 0.370. The largest absolute Gasteiger partial charge is 0.465 e. The number of ether oxygens (including phenoxy) is 1. The second-order valence-electron chi connectivity index (χ2n) is 9.28. The molecule has 0 radical (unpaired) electrons. The van der Waals surface area contributed by atoms with E-state index in [9.17, 15) is 19.8 Å². The van der Waals surface area contributed by atoms with Gasteiger partial charge in [0.25, 0.3) is 5.91 Å². The van der Waals surface area contributed by atoms with Crippen molar-refractivity contribution in [3.05, 3.63) is 78.2 Å². The van der Waals surface area contributed by atoms with Gasteiger partial charge in [0.05, 0.1) is 36.8 Å². The first-order valence-corrected chi connectivity index (χ1v) is 12.2. The number of benzene rings is 2. The summed E-state index contributed by atoms with van der Waals surface area (Å²) in [6.07, 6.45) is 1.06. The molecule has 2 saturated heterocycles. The van der Waals surface area contributed by atoms with Crippen LogP contribution in [0.5, 0.6) is 0 Å². The molecule has 36 heavy (non-hydrogen) atoms. The maximum atomic E-state index is 14.0. The van der Waals surface area contributed by atoms with Gasteiger partial charge in [-0.25, -0.2) is 9.78 Å². The van der Waals surface area contributed by atoms with Crippen molar-refractivity contribution in [2.24, 2.45) is 0 Å². The lowest BCUT2D eigenvalue weighted by molar-refractivity contribution is -0.0286. The van der Waals surface area contributed by atoms with Crippen molar-refractivity contribution in [3.63, 3.8) is 0 Å². The minimum absolute atomic E-state index is 0.229. The molecule has 5 rings (SSSR count). The molecule has 2 fully saturated rings. The SMILES string of the molecule is O=C(O)N1CCN(C(=O)c2ncn([C@@H]3COCC[C@@H]3O)c2-c2ccccc2)[C@H](Cc2ccccc2)C1. The summed E-state index contributed by atoms with van der Waals surface area (Å²) in [4.78, 5) is 33.4. The Bertz CT molecular complexity index is 1200. The van der Waals surface area contributed by atoms with Crippen LogP contribution in [0.2, 0.25) is 0 Å². The van der Waals surface area contributed by atoms with Gasteiger partial charge in [-0.2, -0.15) is 0 Å². The first-order chi connectivity index (χ1) is 17.5. The van der Waals surface area contributed by atoms with Crippen LogP contribution in [0.25, 0.3) is 11.3 Å². The number of carboxylic acid groups (broad SMARTS) is 1. The third-order valence-corrected chi connectivity index (χ3v) is 7.02. The fourth-order valence-electron chi connectivity index (χ4n) is 5.12. The summed E-state index contributed by atoms with van der Waals surface area (Å²) in [5, 5.41) is 20.3. The first kappa shape index (κ1) is 24.0. The Morgan fingerprint density at radius 2 is 1.75 bits per heavy atom. The van der Waals surface area contributed by atoms with Gasteiger partial charge in [-0.05, 0) is 18.4 Å². The van der Waals surface area contributed by atoms with Gasteiger partial charge in [-0.1, -0.05) is 60.7 Å². The molecule has 0 unspecified atom stereocenters. The standard InChI is InChI=1S/C27H30N4O5/c32-23-11-14-36-17-22(23)31-18-28-24(25(31)20-9-5-2-6-10-20)26(33)30-13-12-29(27(34)35)16-21(30)15-19-7-3-1-4-8-19/h1-10,18,21-23,32H,11-17H2,(H,34,35)/t21-,22-,23+/m1/s1. The Morgan fingerprint density at radius 1 is 1.03 bits per heavy atom. The van der Waals surface area contributed by atoms with Crippen molar-refractivity contribution in [1.29, 1.82) is 0 Å². The van der Waals surface area contributed by atoms with Crippen LogP contribution in [-0.4, -0.2) is 86.6 Å². The molecule has 2 aliphatic rings. The molecule has 3 heterocycles. The van der Waals surface area contributed by atoms with Gasteiger partial charge in [0.15, 0.2) is 5.69 Å². The number of carbonyl (C=O) groups is 2. The van der Waals surface area contributed by atoms with Crippen LogP contribution in [0.3, 0.4) is 0 Å². The molecule has 2 aromatic carbocycles. The molecule has 188 valence electrons. The molecule has 0 saturated carbocycles. The van der Waals surface area contributed by atoms with Gasteiger partial charge in [0.2, 0.25) is 0 Å².